The number of para-hydroxylation sites is 1. The molecule has 0 unspecified atom stereocenters. The molecule has 0 aliphatic rings. The number of fused-ring (bicyclic) bond motifs is 1. The molecule has 0 atom stereocenters. The van der Waals surface area contributed by atoms with Crippen molar-refractivity contribution in [2.45, 2.75) is 0 Å². The molecule has 0 fully saturated rings. The van der Waals surface area contributed by atoms with Crippen molar-refractivity contribution in [2.75, 3.05) is 7.11 Å². The smallest absolute Gasteiger partial charge is 0.340 e. The highest BCUT2D eigenvalue weighted by atomic mass is 16.5. The highest BCUT2D eigenvalue weighted by Gasteiger charge is 2.17. The Morgan fingerprint density at radius 1 is 1.00 bits per heavy atom. The standard InChI is InChI=1S/C19H15NO3/c1-23-19(22)16-13-20(17-10-6-5-9-15(16)17)18(21)12-11-14-7-3-2-4-8-14/h2-13H,1H3/b12-11+. The fourth-order valence-electron chi connectivity index (χ4n) is 2.45. The summed E-state index contributed by atoms with van der Waals surface area (Å²) in [6, 6.07) is 16.8. The molecule has 3 aromatic rings. The van der Waals surface area contributed by atoms with Gasteiger partial charge in [0, 0.05) is 17.7 Å². The number of ether oxygens (including phenoxy) is 1. The molecule has 4 nitrogen and oxygen atoms in total. The number of methoxy groups -OCH3 is 1. The van der Waals surface area contributed by atoms with Crippen LogP contribution in [0.2, 0.25) is 0 Å². The van der Waals surface area contributed by atoms with Gasteiger partial charge < -0.3 is 4.74 Å². The molecular formula is C19H15NO3. The van der Waals surface area contributed by atoms with Crippen LogP contribution in [0.5, 0.6) is 0 Å². The normalized spacial score (nSPS) is 11.0. The van der Waals surface area contributed by atoms with Crippen LogP contribution in [0.1, 0.15) is 20.7 Å². The van der Waals surface area contributed by atoms with Crippen molar-refractivity contribution < 1.29 is 14.3 Å². The first-order chi connectivity index (χ1) is 11.2. The Morgan fingerprint density at radius 3 is 2.43 bits per heavy atom. The predicted molar refractivity (Wildman–Crippen MR) is 89.4 cm³/mol. The van der Waals surface area contributed by atoms with E-state index in [9.17, 15) is 9.59 Å². The molecule has 0 saturated carbocycles. The van der Waals surface area contributed by atoms with Gasteiger partial charge in [0.15, 0.2) is 0 Å². The summed E-state index contributed by atoms with van der Waals surface area (Å²) in [5.74, 6) is -0.681. The van der Waals surface area contributed by atoms with Gasteiger partial charge >= 0.3 is 5.97 Å². The summed E-state index contributed by atoms with van der Waals surface area (Å²) in [5, 5.41) is 0.695. The minimum absolute atomic E-state index is 0.222. The number of carbonyl (C=O) groups excluding carboxylic acids is 2. The fourth-order valence-corrected chi connectivity index (χ4v) is 2.45. The van der Waals surface area contributed by atoms with Crippen molar-refractivity contribution in [3.63, 3.8) is 0 Å². The number of rotatable bonds is 3. The maximum atomic E-state index is 12.5. The van der Waals surface area contributed by atoms with Crippen LogP contribution in [0.15, 0.2) is 66.9 Å². The zero-order valence-electron chi connectivity index (χ0n) is 12.6. The second-order valence-electron chi connectivity index (χ2n) is 5.00. The molecule has 1 heterocycles. The summed E-state index contributed by atoms with van der Waals surface area (Å²) in [5.41, 5.74) is 1.99. The van der Waals surface area contributed by atoms with E-state index in [4.69, 9.17) is 4.74 Å². The first-order valence-electron chi connectivity index (χ1n) is 7.16. The van der Waals surface area contributed by atoms with Crippen molar-refractivity contribution in [3.8, 4) is 0 Å². The molecule has 0 aliphatic heterocycles. The van der Waals surface area contributed by atoms with E-state index in [1.807, 2.05) is 42.5 Å². The third kappa shape index (κ3) is 2.92. The molecule has 3 rings (SSSR count). The quantitative estimate of drug-likeness (QED) is 0.546. The van der Waals surface area contributed by atoms with Crippen LogP contribution in [-0.2, 0) is 4.74 Å². The Morgan fingerprint density at radius 2 is 1.70 bits per heavy atom. The van der Waals surface area contributed by atoms with E-state index in [1.165, 1.54) is 23.9 Å². The van der Waals surface area contributed by atoms with Gasteiger partial charge in [-0.05, 0) is 17.7 Å². The SMILES string of the molecule is COC(=O)c1cn(C(=O)/C=C/c2ccccc2)c2ccccc12. The van der Waals surface area contributed by atoms with Gasteiger partial charge in [0.05, 0.1) is 18.2 Å². The van der Waals surface area contributed by atoms with E-state index >= 15 is 0 Å². The van der Waals surface area contributed by atoms with Gasteiger partial charge in [-0.1, -0.05) is 48.5 Å². The Labute approximate surface area is 133 Å². The van der Waals surface area contributed by atoms with E-state index in [0.717, 1.165) is 5.56 Å². The molecule has 2 aromatic carbocycles. The Bertz CT molecular complexity index is 891. The number of hydrogen-bond acceptors (Lipinski definition) is 3. The van der Waals surface area contributed by atoms with Crippen LogP contribution in [0.25, 0.3) is 17.0 Å². The second-order valence-corrected chi connectivity index (χ2v) is 5.00. The molecule has 0 N–H and O–H groups in total. The van der Waals surface area contributed by atoms with E-state index < -0.39 is 5.97 Å². The predicted octanol–water partition coefficient (Wildman–Crippen LogP) is 3.78. The second kappa shape index (κ2) is 6.32. The summed E-state index contributed by atoms with van der Waals surface area (Å²) in [7, 11) is 1.32. The Balaban J connectivity index is 2.01. The Kier molecular flexibility index (Phi) is 4.06. The summed E-state index contributed by atoms with van der Waals surface area (Å²) < 4.78 is 6.24. The molecule has 114 valence electrons. The van der Waals surface area contributed by atoms with Gasteiger partial charge in [-0.15, -0.1) is 0 Å². The van der Waals surface area contributed by atoms with E-state index in [1.54, 1.807) is 18.2 Å². The van der Waals surface area contributed by atoms with Crippen LogP contribution < -0.4 is 0 Å². The number of nitrogens with zero attached hydrogens (tertiary/aromatic N) is 1. The van der Waals surface area contributed by atoms with Gasteiger partial charge in [0.2, 0.25) is 0 Å². The molecule has 0 radical (unpaired) electrons. The van der Waals surface area contributed by atoms with Crippen molar-refractivity contribution in [3.05, 3.63) is 78.0 Å². The van der Waals surface area contributed by atoms with Crippen molar-refractivity contribution in [1.82, 2.24) is 4.57 Å². The summed E-state index contributed by atoms with van der Waals surface area (Å²) in [6.45, 7) is 0. The van der Waals surface area contributed by atoms with Crippen LogP contribution in [0.4, 0.5) is 0 Å². The third-order valence-electron chi connectivity index (χ3n) is 3.57. The zero-order valence-corrected chi connectivity index (χ0v) is 12.6. The largest absolute Gasteiger partial charge is 0.465 e. The molecule has 23 heavy (non-hydrogen) atoms. The molecule has 0 bridgehead atoms. The van der Waals surface area contributed by atoms with Crippen molar-refractivity contribution in [2.24, 2.45) is 0 Å². The molecule has 1 aromatic heterocycles. The summed E-state index contributed by atoms with van der Waals surface area (Å²) in [6.07, 6.45) is 4.76. The van der Waals surface area contributed by atoms with Gasteiger partial charge in [-0.2, -0.15) is 0 Å². The topological polar surface area (TPSA) is 48.3 Å². The van der Waals surface area contributed by atoms with Crippen LogP contribution in [0, 0.1) is 0 Å². The minimum Gasteiger partial charge on any atom is -0.465 e. The van der Waals surface area contributed by atoms with Gasteiger partial charge in [0.25, 0.3) is 5.91 Å². The average Bonchev–Trinajstić information content (AvgIpc) is 3.00. The summed E-state index contributed by atoms with van der Waals surface area (Å²) in [4.78, 5) is 24.4. The van der Waals surface area contributed by atoms with Crippen LogP contribution >= 0.6 is 0 Å². The van der Waals surface area contributed by atoms with Crippen LogP contribution in [-0.4, -0.2) is 23.6 Å². The van der Waals surface area contributed by atoms with E-state index in [-0.39, 0.29) is 5.91 Å². The van der Waals surface area contributed by atoms with E-state index in [2.05, 4.69) is 0 Å². The zero-order chi connectivity index (χ0) is 16.2. The van der Waals surface area contributed by atoms with Gasteiger partial charge in [-0.25, -0.2) is 4.79 Å². The molecular weight excluding hydrogens is 290 g/mol. The van der Waals surface area contributed by atoms with Gasteiger partial charge in [0.1, 0.15) is 0 Å². The van der Waals surface area contributed by atoms with Gasteiger partial charge in [-0.3, -0.25) is 9.36 Å². The highest BCUT2D eigenvalue weighted by molar-refractivity contribution is 6.09. The van der Waals surface area contributed by atoms with Crippen molar-refractivity contribution >= 4 is 28.9 Å². The lowest BCUT2D eigenvalue weighted by Crippen LogP contribution is -2.06. The lowest BCUT2D eigenvalue weighted by Gasteiger charge is -1.99. The number of benzene rings is 2. The molecule has 0 saturated heterocycles. The number of aromatic nitrogens is 1. The maximum Gasteiger partial charge on any atom is 0.340 e. The number of esters is 1. The Hall–Kier alpha value is -3.14. The fraction of sp³-hybridized carbons (Fsp3) is 0.0526. The molecule has 4 heteroatoms. The minimum atomic E-state index is -0.459. The summed E-state index contributed by atoms with van der Waals surface area (Å²) >= 11 is 0. The third-order valence-corrected chi connectivity index (χ3v) is 3.57. The molecule has 0 amide bonds. The number of carbonyl (C=O) groups is 2. The highest BCUT2D eigenvalue weighted by Crippen LogP contribution is 2.22. The first-order valence-corrected chi connectivity index (χ1v) is 7.16. The van der Waals surface area contributed by atoms with Crippen LogP contribution in [0.3, 0.4) is 0 Å². The molecule has 0 spiro atoms. The molecule has 0 aliphatic carbocycles. The lowest BCUT2D eigenvalue weighted by molar-refractivity contribution is 0.0603. The van der Waals surface area contributed by atoms with E-state index in [0.29, 0.717) is 16.5 Å². The number of allylic oxidation sites excluding steroid dienone is 1. The first kappa shape index (κ1) is 14.8. The van der Waals surface area contributed by atoms with Crippen molar-refractivity contribution in [1.29, 1.82) is 0 Å². The average molecular weight is 305 g/mol. The number of hydrogen-bond donors (Lipinski definition) is 0. The lowest BCUT2D eigenvalue weighted by atomic mass is 10.2. The maximum absolute atomic E-state index is 12.5. The monoisotopic (exact) mass is 305 g/mol.